The molecule has 0 amide bonds. The van der Waals surface area contributed by atoms with Crippen LogP contribution in [0.4, 0.5) is 0 Å². The van der Waals surface area contributed by atoms with Gasteiger partial charge in [0.25, 0.3) is 0 Å². The largest absolute Gasteiger partial charge is 0.318 e. The molecule has 1 saturated carbocycles. The van der Waals surface area contributed by atoms with Crippen LogP contribution in [0.15, 0.2) is 35.2 Å². The molecule has 1 unspecified atom stereocenters. The second-order valence-corrected chi connectivity index (χ2v) is 9.14. The lowest BCUT2D eigenvalue weighted by Gasteiger charge is -2.23. The van der Waals surface area contributed by atoms with Crippen molar-refractivity contribution in [2.45, 2.75) is 44.6 Å². The van der Waals surface area contributed by atoms with Crippen LogP contribution < -0.4 is 5.14 Å². The third kappa shape index (κ3) is 4.15. The van der Waals surface area contributed by atoms with Crippen LogP contribution in [0.5, 0.6) is 0 Å². The van der Waals surface area contributed by atoms with Gasteiger partial charge >= 0.3 is 0 Å². The van der Waals surface area contributed by atoms with E-state index < -0.39 is 10.0 Å². The first-order valence-electron chi connectivity index (χ1n) is 9.15. The predicted molar refractivity (Wildman–Crippen MR) is 106 cm³/mol. The highest BCUT2D eigenvalue weighted by Gasteiger charge is 2.31. The number of aryl methyl sites for hydroxylation is 1. The van der Waals surface area contributed by atoms with Crippen molar-refractivity contribution in [3.8, 4) is 5.69 Å². The van der Waals surface area contributed by atoms with Crippen molar-refractivity contribution in [2.75, 3.05) is 13.6 Å². The van der Waals surface area contributed by atoms with Gasteiger partial charge in [-0.2, -0.15) is 0 Å². The standard InChI is InChI=1S/C20H27N3O3S/c1-13-11-19(20(24)12-22(4)14(2)16-5-6-16)15(3)23(13)17-7-9-18(10-8-17)27(21,25)26/h7-11,14,16H,5-6,12H2,1-4H3,(H2,21,25,26). The van der Waals surface area contributed by atoms with E-state index in [1.165, 1.54) is 25.0 Å². The number of carbonyl (C=O) groups excluding carboxylic acids is 1. The zero-order chi connectivity index (χ0) is 19.9. The lowest BCUT2D eigenvalue weighted by Crippen LogP contribution is -2.35. The van der Waals surface area contributed by atoms with Gasteiger partial charge in [-0.1, -0.05) is 0 Å². The van der Waals surface area contributed by atoms with Gasteiger partial charge in [-0.25, -0.2) is 13.6 Å². The summed E-state index contributed by atoms with van der Waals surface area (Å²) in [6, 6.07) is 8.70. The van der Waals surface area contributed by atoms with E-state index >= 15 is 0 Å². The normalized spacial score (nSPS) is 15.9. The number of ketones is 1. The number of aromatic nitrogens is 1. The van der Waals surface area contributed by atoms with Crippen LogP contribution in [-0.2, 0) is 10.0 Å². The van der Waals surface area contributed by atoms with Gasteiger partial charge in [-0.05, 0) is 76.9 Å². The highest BCUT2D eigenvalue weighted by atomic mass is 32.2. The van der Waals surface area contributed by atoms with E-state index in [1.807, 2.05) is 31.5 Å². The van der Waals surface area contributed by atoms with Gasteiger partial charge in [0, 0.05) is 28.7 Å². The number of sulfonamides is 1. The van der Waals surface area contributed by atoms with E-state index in [9.17, 15) is 13.2 Å². The SMILES string of the molecule is Cc1cc(C(=O)CN(C)C(C)C2CC2)c(C)n1-c1ccc(S(N)(=O)=O)cc1. The van der Waals surface area contributed by atoms with E-state index in [4.69, 9.17) is 5.14 Å². The maximum absolute atomic E-state index is 12.9. The maximum Gasteiger partial charge on any atom is 0.238 e. The fourth-order valence-corrected chi connectivity index (χ4v) is 4.14. The first kappa shape index (κ1) is 19.8. The molecular weight excluding hydrogens is 362 g/mol. The minimum absolute atomic E-state index is 0.0701. The molecule has 6 nitrogen and oxygen atoms in total. The van der Waals surface area contributed by atoms with E-state index in [-0.39, 0.29) is 10.7 Å². The number of nitrogens with zero attached hydrogens (tertiary/aromatic N) is 2. The molecule has 3 rings (SSSR count). The molecule has 146 valence electrons. The summed E-state index contributed by atoms with van der Waals surface area (Å²) in [4.78, 5) is 15.1. The topological polar surface area (TPSA) is 85.4 Å². The van der Waals surface area contributed by atoms with Gasteiger partial charge in [0.2, 0.25) is 10.0 Å². The fourth-order valence-electron chi connectivity index (χ4n) is 3.62. The molecule has 1 aromatic heterocycles. The van der Waals surface area contributed by atoms with Crippen LogP contribution in [0.25, 0.3) is 5.69 Å². The van der Waals surface area contributed by atoms with Crippen LogP contribution in [0.1, 0.15) is 41.5 Å². The molecule has 2 N–H and O–H groups in total. The Labute approximate surface area is 161 Å². The lowest BCUT2D eigenvalue weighted by molar-refractivity contribution is 0.0916. The summed E-state index contributed by atoms with van der Waals surface area (Å²) < 4.78 is 24.8. The van der Waals surface area contributed by atoms with Crippen LogP contribution >= 0.6 is 0 Å². The van der Waals surface area contributed by atoms with Crippen LogP contribution in [0.2, 0.25) is 0 Å². The zero-order valence-corrected chi connectivity index (χ0v) is 17.1. The molecule has 1 fully saturated rings. The predicted octanol–water partition coefficient (Wildman–Crippen LogP) is 2.65. The van der Waals surface area contributed by atoms with E-state index in [0.717, 1.165) is 17.1 Å². The number of benzene rings is 1. The van der Waals surface area contributed by atoms with Gasteiger partial charge in [-0.15, -0.1) is 0 Å². The van der Waals surface area contributed by atoms with E-state index in [0.29, 0.717) is 24.1 Å². The molecule has 0 spiro atoms. The van der Waals surface area contributed by atoms with Crippen LogP contribution in [-0.4, -0.2) is 43.3 Å². The zero-order valence-electron chi connectivity index (χ0n) is 16.3. The Morgan fingerprint density at radius 1 is 1.26 bits per heavy atom. The van der Waals surface area contributed by atoms with Crippen LogP contribution in [0.3, 0.4) is 0 Å². The first-order chi connectivity index (χ1) is 12.6. The smallest absolute Gasteiger partial charge is 0.238 e. The molecule has 7 heteroatoms. The molecule has 0 aliphatic heterocycles. The van der Waals surface area contributed by atoms with Gasteiger partial charge in [0.05, 0.1) is 11.4 Å². The summed E-state index contributed by atoms with van der Waals surface area (Å²) in [5.41, 5.74) is 3.29. The lowest BCUT2D eigenvalue weighted by atomic mass is 10.1. The average Bonchev–Trinajstić information content (AvgIpc) is 3.39. The number of hydrogen-bond donors (Lipinski definition) is 1. The van der Waals surface area contributed by atoms with Crippen LogP contribution in [0, 0.1) is 19.8 Å². The van der Waals surface area contributed by atoms with Gasteiger partial charge in [-0.3, -0.25) is 9.69 Å². The Hall–Kier alpha value is -1.96. The number of Topliss-reactive ketones (excluding diaryl/α,β-unsaturated/α-hetero) is 1. The molecule has 1 aliphatic rings. The number of primary sulfonamides is 1. The summed E-state index contributed by atoms with van der Waals surface area (Å²) in [7, 11) is -1.72. The third-order valence-corrected chi connectivity index (χ3v) is 6.48. The molecule has 0 radical (unpaired) electrons. The Morgan fingerprint density at radius 3 is 2.37 bits per heavy atom. The van der Waals surface area contributed by atoms with Crippen molar-refractivity contribution >= 4 is 15.8 Å². The van der Waals surface area contributed by atoms with Crippen molar-refractivity contribution in [1.29, 1.82) is 0 Å². The average molecular weight is 390 g/mol. The quantitative estimate of drug-likeness (QED) is 0.738. The van der Waals surface area contributed by atoms with Crippen molar-refractivity contribution in [3.05, 3.63) is 47.3 Å². The molecule has 1 heterocycles. The van der Waals surface area contributed by atoms with E-state index in [2.05, 4.69) is 11.8 Å². The Kier molecular flexibility index (Phi) is 5.29. The molecule has 1 atom stereocenters. The first-order valence-corrected chi connectivity index (χ1v) is 10.7. The van der Waals surface area contributed by atoms with Crippen molar-refractivity contribution in [2.24, 2.45) is 11.1 Å². The molecule has 27 heavy (non-hydrogen) atoms. The summed E-state index contributed by atoms with van der Waals surface area (Å²) in [5.74, 6) is 0.818. The number of hydrogen-bond acceptors (Lipinski definition) is 4. The minimum atomic E-state index is -3.72. The van der Waals surface area contributed by atoms with Gasteiger partial charge < -0.3 is 4.57 Å². The van der Waals surface area contributed by atoms with Crippen molar-refractivity contribution in [1.82, 2.24) is 9.47 Å². The van der Waals surface area contributed by atoms with Gasteiger partial charge in [0.1, 0.15) is 0 Å². The molecule has 0 saturated heterocycles. The summed E-state index contributed by atoms with van der Waals surface area (Å²) in [6.07, 6.45) is 2.51. The van der Waals surface area contributed by atoms with Crippen molar-refractivity contribution < 1.29 is 13.2 Å². The summed E-state index contributed by atoms with van der Waals surface area (Å²) in [5, 5.41) is 5.16. The minimum Gasteiger partial charge on any atom is -0.318 e. The number of carbonyl (C=O) groups is 1. The fraction of sp³-hybridized carbons (Fsp3) is 0.450. The highest BCUT2D eigenvalue weighted by Crippen LogP contribution is 2.34. The summed E-state index contributed by atoms with van der Waals surface area (Å²) >= 11 is 0. The molecule has 2 aromatic rings. The Morgan fingerprint density at radius 2 is 1.85 bits per heavy atom. The monoisotopic (exact) mass is 389 g/mol. The maximum atomic E-state index is 12.9. The second kappa shape index (κ2) is 7.22. The Bertz CT molecular complexity index is 957. The third-order valence-electron chi connectivity index (χ3n) is 5.55. The second-order valence-electron chi connectivity index (χ2n) is 7.58. The van der Waals surface area contributed by atoms with Gasteiger partial charge in [0.15, 0.2) is 5.78 Å². The highest BCUT2D eigenvalue weighted by molar-refractivity contribution is 7.89. The number of nitrogens with two attached hydrogens (primary N) is 1. The Balaban J connectivity index is 1.85. The molecular formula is C20H27N3O3S. The van der Waals surface area contributed by atoms with Crippen molar-refractivity contribution in [3.63, 3.8) is 0 Å². The summed E-state index contributed by atoms with van der Waals surface area (Å²) in [6.45, 7) is 6.43. The number of likely N-dealkylation sites (N-methyl/N-ethyl adjacent to an activating group) is 1. The number of rotatable bonds is 7. The molecule has 0 bridgehead atoms. The molecule has 1 aliphatic carbocycles. The molecule has 1 aromatic carbocycles. The van der Waals surface area contributed by atoms with E-state index in [1.54, 1.807) is 12.1 Å².